The summed E-state index contributed by atoms with van der Waals surface area (Å²) in [5.74, 6) is 1.04. The van der Waals surface area contributed by atoms with Crippen LogP contribution >= 0.6 is 0 Å². The quantitative estimate of drug-likeness (QED) is 0.295. The summed E-state index contributed by atoms with van der Waals surface area (Å²) in [6.07, 6.45) is 9.34. The Bertz CT molecular complexity index is 1060. The zero-order chi connectivity index (χ0) is 21.3. The van der Waals surface area contributed by atoms with Crippen LogP contribution in [0.3, 0.4) is 0 Å². The molecule has 0 heterocycles. The van der Waals surface area contributed by atoms with Crippen molar-refractivity contribution in [2.45, 2.75) is 25.9 Å². The van der Waals surface area contributed by atoms with E-state index >= 15 is 0 Å². The fourth-order valence-electron chi connectivity index (χ4n) is 3.58. The number of hydrogen-bond acceptors (Lipinski definition) is 3. The number of amides is 1. The molecule has 1 amide bonds. The topological polar surface area (TPSA) is 50.7 Å². The Labute approximate surface area is 183 Å². The van der Waals surface area contributed by atoms with Gasteiger partial charge in [0, 0.05) is 17.3 Å². The maximum Gasteiger partial charge on any atom is 0.271 e. The van der Waals surface area contributed by atoms with Crippen molar-refractivity contribution in [1.29, 1.82) is 0 Å². The Morgan fingerprint density at radius 2 is 1.74 bits per heavy atom. The van der Waals surface area contributed by atoms with E-state index in [1.165, 1.54) is 0 Å². The predicted octanol–water partition coefficient (Wildman–Crippen LogP) is 6.00. The first-order valence-electron chi connectivity index (χ1n) is 10.6. The molecule has 0 bridgehead atoms. The highest BCUT2D eigenvalue weighted by Crippen LogP contribution is 2.30. The highest BCUT2D eigenvalue weighted by molar-refractivity contribution is 5.94. The van der Waals surface area contributed by atoms with Crippen LogP contribution in [-0.4, -0.2) is 12.1 Å². The van der Waals surface area contributed by atoms with E-state index < -0.39 is 0 Å². The summed E-state index contributed by atoms with van der Waals surface area (Å²) in [4.78, 5) is 12.3. The molecule has 4 rings (SSSR count). The summed E-state index contributed by atoms with van der Waals surface area (Å²) in [6.45, 7) is 0.430. The lowest BCUT2D eigenvalue weighted by Gasteiger charge is -2.12. The third kappa shape index (κ3) is 5.70. The Hall–Kier alpha value is -3.66. The molecule has 0 unspecified atom stereocenters. The molecule has 156 valence electrons. The van der Waals surface area contributed by atoms with Gasteiger partial charge >= 0.3 is 0 Å². The molecule has 4 heteroatoms. The molecule has 0 saturated heterocycles. The van der Waals surface area contributed by atoms with Gasteiger partial charge in [-0.3, -0.25) is 4.79 Å². The standard InChI is InChI=1S/C27H26N2O2/c30-27(29-28-19-21-9-3-1-4-10-21)24-17-15-22(16-18-24)20-31-26-14-8-7-13-25(26)23-11-5-2-6-12-23/h1-3,5-8,11-19,21H,4,9-10,20H2,(H,29,30)/b28-19-/t21-/m0/s1. The molecule has 0 aromatic heterocycles. The predicted molar refractivity (Wildman–Crippen MR) is 125 cm³/mol. The Morgan fingerprint density at radius 3 is 2.52 bits per heavy atom. The minimum atomic E-state index is -0.204. The Morgan fingerprint density at radius 1 is 0.968 bits per heavy atom. The first-order valence-corrected chi connectivity index (χ1v) is 10.6. The first kappa shape index (κ1) is 20.6. The van der Waals surface area contributed by atoms with E-state index in [2.05, 4.69) is 40.9 Å². The van der Waals surface area contributed by atoms with Crippen molar-refractivity contribution in [1.82, 2.24) is 5.43 Å². The molecule has 3 aromatic rings. The molecule has 0 radical (unpaired) electrons. The minimum Gasteiger partial charge on any atom is -0.488 e. The van der Waals surface area contributed by atoms with E-state index in [1.54, 1.807) is 12.1 Å². The lowest BCUT2D eigenvalue weighted by Crippen LogP contribution is -2.18. The van der Waals surface area contributed by atoms with Crippen molar-refractivity contribution >= 4 is 12.1 Å². The Kier molecular flexibility index (Phi) is 6.91. The Balaban J connectivity index is 1.34. The summed E-state index contributed by atoms with van der Waals surface area (Å²) < 4.78 is 6.08. The van der Waals surface area contributed by atoms with Gasteiger partial charge in [-0.05, 0) is 54.5 Å². The van der Waals surface area contributed by atoms with Crippen LogP contribution < -0.4 is 10.2 Å². The molecule has 4 nitrogen and oxygen atoms in total. The number of nitrogens with zero attached hydrogens (tertiary/aromatic N) is 1. The molecule has 0 saturated carbocycles. The van der Waals surface area contributed by atoms with Crippen molar-refractivity contribution in [3.8, 4) is 16.9 Å². The molecule has 1 aliphatic rings. The van der Waals surface area contributed by atoms with Gasteiger partial charge in [0.05, 0.1) is 0 Å². The smallest absolute Gasteiger partial charge is 0.271 e. The number of hydrazone groups is 1. The fourth-order valence-corrected chi connectivity index (χ4v) is 3.58. The van der Waals surface area contributed by atoms with Gasteiger partial charge in [0.15, 0.2) is 0 Å². The maximum atomic E-state index is 12.3. The molecule has 3 aromatic carbocycles. The third-order valence-electron chi connectivity index (χ3n) is 5.34. The van der Waals surface area contributed by atoms with Crippen LogP contribution in [0.4, 0.5) is 0 Å². The zero-order valence-corrected chi connectivity index (χ0v) is 17.4. The largest absolute Gasteiger partial charge is 0.488 e. The zero-order valence-electron chi connectivity index (χ0n) is 17.4. The van der Waals surface area contributed by atoms with E-state index in [-0.39, 0.29) is 5.91 Å². The van der Waals surface area contributed by atoms with Crippen molar-refractivity contribution in [2.75, 3.05) is 0 Å². The summed E-state index contributed by atoms with van der Waals surface area (Å²) >= 11 is 0. The molecular weight excluding hydrogens is 384 g/mol. The minimum absolute atomic E-state index is 0.204. The molecule has 31 heavy (non-hydrogen) atoms. The SMILES string of the molecule is O=C(N/N=C\[C@H]1CC=CCC1)c1ccc(COc2ccccc2-c2ccccc2)cc1. The number of ether oxygens (including phenoxy) is 1. The number of allylic oxidation sites excluding steroid dienone is 2. The first-order chi connectivity index (χ1) is 15.3. The van der Waals surface area contributed by atoms with Crippen LogP contribution in [0.1, 0.15) is 35.2 Å². The van der Waals surface area contributed by atoms with Crippen molar-refractivity contribution < 1.29 is 9.53 Å². The number of rotatable bonds is 7. The van der Waals surface area contributed by atoms with Crippen molar-refractivity contribution in [3.05, 3.63) is 102 Å². The monoisotopic (exact) mass is 410 g/mol. The van der Waals surface area contributed by atoms with E-state index in [9.17, 15) is 4.79 Å². The second kappa shape index (κ2) is 10.4. The number of hydrogen-bond donors (Lipinski definition) is 1. The number of carbonyl (C=O) groups excluding carboxylic acids is 1. The van der Waals surface area contributed by atoms with E-state index in [4.69, 9.17) is 4.74 Å². The van der Waals surface area contributed by atoms with Crippen LogP contribution in [0.15, 0.2) is 96.1 Å². The van der Waals surface area contributed by atoms with Gasteiger partial charge in [0.25, 0.3) is 5.91 Å². The molecule has 1 atom stereocenters. The molecule has 0 aliphatic heterocycles. The van der Waals surface area contributed by atoms with E-state index in [0.29, 0.717) is 18.1 Å². The molecular formula is C27H26N2O2. The van der Waals surface area contributed by atoms with E-state index in [1.807, 2.05) is 54.7 Å². The van der Waals surface area contributed by atoms with Gasteiger partial charge < -0.3 is 4.74 Å². The fraction of sp³-hybridized carbons (Fsp3) is 0.185. The van der Waals surface area contributed by atoms with Crippen molar-refractivity contribution in [3.63, 3.8) is 0 Å². The van der Waals surface area contributed by atoms with Gasteiger partial charge in [-0.2, -0.15) is 5.10 Å². The van der Waals surface area contributed by atoms with Gasteiger partial charge in [-0.25, -0.2) is 5.43 Å². The van der Waals surface area contributed by atoms with Crippen LogP contribution in [0.2, 0.25) is 0 Å². The highest BCUT2D eigenvalue weighted by Gasteiger charge is 2.09. The second-order valence-corrected chi connectivity index (χ2v) is 7.61. The lowest BCUT2D eigenvalue weighted by molar-refractivity contribution is 0.0955. The maximum absolute atomic E-state index is 12.3. The average molecular weight is 411 g/mol. The summed E-state index contributed by atoms with van der Waals surface area (Å²) in [5.41, 5.74) is 6.38. The molecule has 0 spiro atoms. The van der Waals surface area contributed by atoms with Crippen LogP contribution in [0.25, 0.3) is 11.1 Å². The lowest BCUT2D eigenvalue weighted by atomic mass is 9.96. The van der Waals surface area contributed by atoms with Crippen LogP contribution in [-0.2, 0) is 6.61 Å². The summed E-state index contributed by atoms with van der Waals surface area (Å²) in [5, 5.41) is 4.13. The number of benzene rings is 3. The van der Waals surface area contributed by atoms with Gasteiger partial charge in [0.1, 0.15) is 12.4 Å². The van der Waals surface area contributed by atoms with E-state index in [0.717, 1.165) is 41.7 Å². The van der Waals surface area contributed by atoms with Gasteiger partial charge in [0.2, 0.25) is 0 Å². The molecule has 1 N–H and O–H groups in total. The summed E-state index contributed by atoms with van der Waals surface area (Å²) in [7, 11) is 0. The van der Waals surface area contributed by atoms with Crippen LogP contribution in [0.5, 0.6) is 5.75 Å². The number of para-hydroxylation sites is 1. The molecule has 0 fully saturated rings. The normalized spacial score (nSPS) is 15.7. The van der Waals surface area contributed by atoms with Crippen molar-refractivity contribution in [2.24, 2.45) is 11.0 Å². The highest BCUT2D eigenvalue weighted by atomic mass is 16.5. The second-order valence-electron chi connectivity index (χ2n) is 7.61. The number of carbonyl (C=O) groups is 1. The van der Waals surface area contributed by atoms with Crippen LogP contribution in [0, 0.1) is 5.92 Å². The third-order valence-corrected chi connectivity index (χ3v) is 5.34. The number of nitrogens with one attached hydrogen (secondary N) is 1. The van der Waals surface area contributed by atoms with Gasteiger partial charge in [-0.1, -0.05) is 72.8 Å². The summed E-state index contributed by atoms with van der Waals surface area (Å²) in [6, 6.07) is 25.6. The average Bonchev–Trinajstić information content (AvgIpc) is 2.84. The van der Waals surface area contributed by atoms with Gasteiger partial charge in [-0.15, -0.1) is 0 Å². The molecule has 1 aliphatic carbocycles.